The second kappa shape index (κ2) is 9.96. The van der Waals surface area contributed by atoms with E-state index in [-0.39, 0.29) is 23.6 Å². The van der Waals surface area contributed by atoms with Gasteiger partial charge in [-0.25, -0.2) is 0 Å². The molecule has 1 aliphatic rings. The highest BCUT2D eigenvalue weighted by molar-refractivity contribution is 5.59. The third-order valence-corrected chi connectivity index (χ3v) is 6.23. The molecule has 1 aliphatic heterocycles. The molecule has 2 aromatic carbocycles. The summed E-state index contributed by atoms with van der Waals surface area (Å²) >= 11 is 0. The average molecular weight is 490 g/mol. The summed E-state index contributed by atoms with van der Waals surface area (Å²) < 4.78 is 29.1. The van der Waals surface area contributed by atoms with Crippen LogP contribution in [-0.2, 0) is 6.54 Å². The molecule has 0 fully saturated rings. The van der Waals surface area contributed by atoms with Crippen LogP contribution in [0.25, 0.3) is 0 Å². The van der Waals surface area contributed by atoms with Crippen molar-refractivity contribution < 1.29 is 23.7 Å². The van der Waals surface area contributed by atoms with Gasteiger partial charge in [0.2, 0.25) is 5.88 Å². The number of methoxy groups -OCH3 is 4. The van der Waals surface area contributed by atoms with Gasteiger partial charge in [-0.05, 0) is 42.8 Å². The van der Waals surface area contributed by atoms with E-state index in [1.54, 1.807) is 56.2 Å². The molecule has 9 nitrogen and oxygen atoms in total. The fraction of sp³-hybridized carbons (Fsp3) is 0.259. The summed E-state index contributed by atoms with van der Waals surface area (Å²) in [5, 5.41) is 9.99. The lowest BCUT2D eigenvalue weighted by atomic mass is 9.83. The highest BCUT2D eigenvalue weighted by atomic mass is 16.5. The van der Waals surface area contributed by atoms with Gasteiger partial charge in [-0.1, -0.05) is 6.07 Å². The SMILES string of the molecule is COc1ccc(OC)c([C@H]2C(C#N)=C(N)Oc3cc(C)n(Cc4ccc(OC)c(OC)c4)c(=O)c32)c1. The van der Waals surface area contributed by atoms with E-state index in [0.717, 1.165) is 5.56 Å². The molecule has 3 aromatic rings. The first kappa shape index (κ1) is 24.5. The summed E-state index contributed by atoms with van der Waals surface area (Å²) in [6.45, 7) is 2.08. The van der Waals surface area contributed by atoms with Gasteiger partial charge in [-0.3, -0.25) is 4.79 Å². The Labute approximate surface area is 208 Å². The van der Waals surface area contributed by atoms with Gasteiger partial charge in [0.15, 0.2) is 11.5 Å². The molecule has 36 heavy (non-hydrogen) atoms. The number of rotatable bonds is 7. The number of nitriles is 1. The first-order valence-corrected chi connectivity index (χ1v) is 11.1. The zero-order valence-electron chi connectivity index (χ0n) is 20.7. The van der Waals surface area contributed by atoms with Crippen LogP contribution in [0.1, 0.15) is 28.3 Å². The van der Waals surface area contributed by atoms with E-state index in [4.69, 9.17) is 29.4 Å². The number of hydrogen-bond donors (Lipinski definition) is 1. The van der Waals surface area contributed by atoms with E-state index in [0.29, 0.717) is 45.6 Å². The summed E-state index contributed by atoms with van der Waals surface area (Å²) in [5.41, 5.74) is 8.31. The van der Waals surface area contributed by atoms with Gasteiger partial charge >= 0.3 is 0 Å². The second-order valence-corrected chi connectivity index (χ2v) is 8.18. The number of pyridine rings is 1. The lowest BCUT2D eigenvalue weighted by molar-refractivity contribution is 0.354. The summed E-state index contributed by atoms with van der Waals surface area (Å²) in [4.78, 5) is 14.0. The lowest BCUT2D eigenvalue weighted by Crippen LogP contribution is -2.33. The van der Waals surface area contributed by atoms with E-state index in [1.165, 1.54) is 7.11 Å². The van der Waals surface area contributed by atoms with Gasteiger partial charge in [0.25, 0.3) is 5.56 Å². The van der Waals surface area contributed by atoms with Gasteiger partial charge in [0.1, 0.15) is 28.9 Å². The Bertz CT molecular complexity index is 1450. The average Bonchev–Trinajstić information content (AvgIpc) is 2.89. The molecule has 2 heterocycles. The largest absolute Gasteiger partial charge is 0.497 e. The van der Waals surface area contributed by atoms with Crippen molar-refractivity contribution >= 4 is 0 Å². The van der Waals surface area contributed by atoms with Gasteiger partial charge in [0.05, 0.1) is 46.5 Å². The molecule has 4 rings (SSSR count). The Hall–Kier alpha value is -4.58. The molecular weight excluding hydrogens is 462 g/mol. The van der Waals surface area contributed by atoms with Crippen molar-refractivity contribution in [3.8, 4) is 34.8 Å². The maximum atomic E-state index is 14.0. The van der Waals surface area contributed by atoms with Crippen LogP contribution < -0.4 is 35.0 Å². The third-order valence-electron chi connectivity index (χ3n) is 6.23. The Morgan fingerprint density at radius 3 is 2.31 bits per heavy atom. The predicted molar refractivity (Wildman–Crippen MR) is 133 cm³/mol. The standard InChI is InChI=1S/C27H27N3O6/c1-15-10-23-25(27(31)30(15)14-16-6-8-21(34-4)22(11-16)35-5)24(19(13-28)26(29)36-23)18-12-17(32-2)7-9-20(18)33-3/h6-12,24H,14,29H2,1-5H3/t24-/m0/s1. The van der Waals surface area contributed by atoms with Crippen molar-refractivity contribution in [3.05, 3.63) is 86.7 Å². The number of nitrogens with two attached hydrogens (primary N) is 1. The zero-order chi connectivity index (χ0) is 26.0. The van der Waals surface area contributed by atoms with E-state index in [1.807, 2.05) is 19.1 Å². The number of ether oxygens (including phenoxy) is 5. The maximum absolute atomic E-state index is 14.0. The lowest BCUT2D eigenvalue weighted by Gasteiger charge is -2.28. The monoisotopic (exact) mass is 489 g/mol. The van der Waals surface area contributed by atoms with Gasteiger partial charge in [-0.2, -0.15) is 5.26 Å². The minimum absolute atomic E-state index is 0.0590. The molecule has 0 aliphatic carbocycles. The van der Waals surface area contributed by atoms with E-state index in [9.17, 15) is 10.1 Å². The number of benzene rings is 2. The number of allylic oxidation sites excluding steroid dienone is 1. The van der Waals surface area contributed by atoms with Crippen LogP contribution in [0.3, 0.4) is 0 Å². The summed E-state index contributed by atoms with van der Waals surface area (Å²) in [6.07, 6.45) is 0. The Morgan fingerprint density at radius 1 is 0.972 bits per heavy atom. The molecule has 1 aromatic heterocycles. The first-order valence-electron chi connectivity index (χ1n) is 11.1. The van der Waals surface area contributed by atoms with Crippen molar-refractivity contribution in [1.29, 1.82) is 5.26 Å². The second-order valence-electron chi connectivity index (χ2n) is 8.18. The normalized spacial score (nSPS) is 14.4. The molecule has 0 spiro atoms. The van der Waals surface area contributed by atoms with Crippen LogP contribution in [0.4, 0.5) is 0 Å². The van der Waals surface area contributed by atoms with Crippen LogP contribution in [0.2, 0.25) is 0 Å². The molecule has 0 amide bonds. The van der Waals surface area contributed by atoms with Crippen molar-refractivity contribution in [3.63, 3.8) is 0 Å². The number of aromatic nitrogens is 1. The minimum Gasteiger partial charge on any atom is -0.497 e. The number of fused-ring (bicyclic) bond motifs is 1. The summed E-state index contributed by atoms with van der Waals surface area (Å²) in [7, 11) is 6.18. The molecule has 2 N–H and O–H groups in total. The van der Waals surface area contributed by atoms with Crippen molar-refractivity contribution in [2.24, 2.45) is 5.73 Å². The number of aryl methyl sites for hydroxylation is 1. The van der Waals surface area contributed by atoms with Gasteiger partial charge < -0.3 is 34.0 Å². The molecule has 0 radical (unpaired) electrons. The van der Waals surface area contributed by atoms with Crippen LogP contribution in [-0.4, -0.2) is 33.0 Å². The molecule has 186 valence electrons. The van der Waals surface area contributed by atoms with Crippen LogP contribution in [0.15, 0.2) is 58.7 Å². The highest BCUT2D eigenvalue weighted by Gasteiger charge is 2.36. The zero-order valence-corrected chi connectivity index (χ0v) is 20.7. The highest BCUT2D eigenvalue weighted by Crippen LogP contribution is 2.44. The van der Waals surface area contributed by atoms with Crippen LogP contribution in [0.5, 0.6) is 28.7 Å². The molecule has 0 unspecified atom stereocenters. The van der Waals surface area contributed by atoms with E-state index in [2.05, 4.69) is 6.07 Å². The first-order chi connectivity index (χ1) is 17.4. The number of nitrogens with zero attached hydrogens (tertiary/aromatic N) is 2. The number of hydrogen-bond acceptors (Lipinski definition) is 8. The topological polar surface area (TPSA) is 118 Å². The maximum Gasteiger partial charge on any atom is 0.259 e. The Morgan fingerprint density at radius 2 is 1.67 bits per heavy atom. The van der Waals surface area contributed by atoms with Crippen molar-refractivity contribution in [2.45, 2.75) is 19.4 Å². The van der Waals surface area contributed by atoms with Crippen LogP contribution in [0, 0.1) is 18.3 Å². The Balaban J connectivity index is 1.93. The quantitative estimate of drug-likeness (QED) is 0.536. The predicted octanol–water partition coefficient (Wildman–Crippen LogP) is 3.46. The van der Waals surface area contributed by atoms with E-state index >= 15 is 0 Å². The smallest absolute Gasteiger partial charge is 0.259 e. The van der Waals surface area contributed by atoms with Gasteiger partial charge in [0, 0.05) is 17.3 Å². The third kappa shape index (κ3) is 4.18. The summed E-state index contributed by atoms with van der Waals surface area (Å²) in [5.74, 6) is 1.61. The fourth-order valence-corrected chi connectivity index (χ4v) is 4.42. The molecule has 0 bridgehead atoms. The molecular formula is C27H27N3O6. The van der Waals surface area contributed by atoms with E-state index < -0.39 is 5.92 Å². The molecule has 0 saturated carbocycles. The Kier molecular flexibility index (Phi) is 6.79. The summed E-state index contributed by atoms with van der Waals surface area (Å²) in [6, 6.07) is 14.6. The van der Waals surface area contributed by atoms with Gasteiger partial charge in [-0.15, -0.1) is 0 Å². The molecule has 9 heteroatoms. The molecule has 1 atom stereocenters. The van der Waals surface area contributed by atoms with Crippen molar-refractivity contribution in [2.75, 3.05) is 28.4 Å². The minimum atomic E-state index is -0.812. The molecule has 0 saturated heterocycles. The van der Waals surface area contributed by atoms with Crippen LogP contribution >= 0.6 is 0 Å². The fourth-order valence-electron chi connectivity index (χ4n) is 4.42. The van der Waals surface area contributed by atoms with Crippen molar-refractivity contribution in [1.82, 2.24) is 4.57 Å².